The number of nitrogens with one attached hydrogen (secondary N) is 1. The van der Waals surface area contributed by atoms with Gasteiger partial charge in [-0.15, -0.1) is 0 Å². The first-order valence-electron chi connectivity index (χ1n) is 15.0. The number of hydrogen-bond donors (Lipinski definition) is 1. The van der Waals surface area contributed by atoms with Gasteiger partial charge in [0.05, 0.1) is 22.6 Å². The van der Waals surface area contributed by atoms with Crippen molar-refractivity contribution in [3.8, 4) is 0 Å². The number of rotatable bonds is 7. The molecule has 0 saturated carbocycles. The second-order valence-corrected chi connectivity index (χ2v) is 11.2. The van der Waals surface area contributed by atoms with Crippen molar-refractivity contribution < 1.29 is 4.79 Å². The van der Waals surface area contributed by atoms with Crippen LogP contribution in [-0.2, 0) is 12.8 Å². The largest absolute Gasteiger partial charge is 0.342 e. The summed E-state index contributed by atoms with van der Waals surface area (Å²) in [6, 6.07) is 33.5. The average molecular weight is 562 g/mol. The number of benzene rings is 4. The van der Waals surface area contributed by atoms with E-state index in [0.29, 0.717) is 6.54 Å². The lowest BCUT2D eigenvalue weighted by Crippen LogP contribution is -2.36. The minimum atomic E-state index is 0.0641. The molecule has 0 atom stereocenters. The van der Waals surface area contributed by atoms with Crippen LogP contribution >= 0.6 is 0 Å². The van der Waals surface area contributed by atoms with Gasteiger partial charge in [0.25, 0.3) is 5.91 Å². The third-order valence-corrected chi connectivity index (χ3v) is 8.08. The third-order valence-electron chi connectivity index (χ3n) is 8.08. The van der Waals surface area contributed by atoms with E-state index in [4.69, 9.17) is 0 Å². The first-order chi connectivity index (χ1) is 20.5. The topological polar surface area (TPSA) is 42.1 Å². The van der Waals surface area contributed by atoms with Crippen molar-refractivity contribution in [1.82, 2.24) is 10.2 Å². The summed E-state index contributed by atoms with van der Waals surface area (Å²) in [5, 5.41) is 3.24. The van der Waals surface area contributed by atoms with Crippen LogP contribution in [0.4, 0.5) is 28.4 Å². The Hall–Kier alpha value is -4.13. The fourth-order valence-electron chi connectivity index (χ4n) is 5.85. The lowest BCUT2D eigenvalue weighted by Gasteiger charge is -2.27. The Labute approximate surface area is 251 Å². The Morgan fingerprint density at radius 3 is 1.79 bits per heavy atom. The van der Waals surface area contributed by atoms with Crippen LogP contribution in [0.3, 0.4) is 0 Å². The molecule has 1 N–H and O–H groups in total. The van der Waals surface area contributed by atoms with Crippen LogP contribution in [0, 0.1) is 0 Å². The predicted molar refractivity (Wildman–Crippen MR) is 177 cm³/mol. The van der Waals surface area contributed by atoms with Gasteiger partial charge in [0.2, 0.25) is 0 Å². The van der Waals surface area contributed by atoms with Crippen LogP contribution < -0.4 is 20.0 Å². The summed E-state index contributed by atoms with van der Waals surface area (Å²) in [5.41, 5.74) is 9.42. The molecule has 0 unspecified atom stereocenters. The van der Waals surface area contributed by atoms with Crippen LogP contribution in [0.1, 0.15) is 27.9 Å². The van der Waals surface area contributed by atoms with Crippen molar-refractivity contribution in [2.45, 2.75) is 19.3 Å². The van der Waals surface area contributed by atoms with Gasteiger partial charge in [-0.2, -0.15) is 0 Å². The van der Waals surface area contributed by atoms with E-state index in [1.807, 2.05) is 75.6 Å². The van der Waals surface area contributed by atoms with Crippen molar-refractivity contribution in [3.05, 3.63) is 114 Å². The number of aryl methyl sites for hydroxylation is 2. The maximum atomic E-state index is 13.0. The quantitative estimate of drug-likeness (QED) is 0.261. The molecule has 4 aromatic carbocycles. The maximum absolute atomic E-state index is 13.0. The SMILES string of the molecule is CN(C)CCN1C(=O)c2ccccc2N(C)c2ccccc21.CNCCCN1c2ccccc2CCc2ccccc21. The predicted octanol–water partition coefficient (Wildman–Crippen LogP) is 6.51. The third kappa shape index (κ3) is 6.35. The number of hydrogen-bond acceptors (Lipinski definition) is 5. The van der Waals surface area contributed by atoms with Gasteiger partial charge >= 0.3 is 0 Å². The van der Waals surface area contributed by atoms with Crippen LogP contribution in [0.5, 0.6) is 0 Å². The Morgan fingerprint density at radius 2 is 1.19 bits per heavy atom. The van der Waals surface area contributed by atoms with Gasteiger partial charge in [-0.1, -0.05) is 60.7 Å². The molecule has 6 nitrogen and oxygen atoms in total. The molecule has 2 aliphatic heterocycles. The summed E-state index contributed by atoms with van der Waals surface area (Å²) < 4.78 is 0. The van der Waals surface area contributed by atoms with E-state index in [1.54, 1.807) is 0 Å². The van der Waals surface area contributed by atoms with E-state index >= 15 is 0 Å². The van der Waals surface area contributed by atoms with E-state index in [9.17, 15) is 4.79 Å². The average Bonchev–Trinajstić information content (AvgIpc) is 3.23. The second-order valence-electron chi connectivity index (χ2n) is 11.2. The molecule has 6 rings (SSSR count). The number of likely N-dealkylation sites (N-methyl/N-ethyl adjacent to an activating group) is 1. The Balaban J connectivity index is 0.000000169. The normalized spacial score (nSPS) is 13.7. The van der Waals surface area contributed by atoms with Gasteiger partial charge in [0, 0.05) is 38.1 Å². The summed E-state index contributed by atoms with van der Waals surface area (Å²) in [6.07, 6.45) is 3.42. The molecule has 2 aliphatic rings. The maximum Gasteiger partial charge on any atom is 0.260 e. The highest BCUT2D eigenvalue weighted by Gasteiger charge is 2.28. The zero-order valence-corrected chi connectivity index (χ0v) is 25.4. The fraction of sp³-hybridized carbons (Fsp3) is 0.306. The van der Waals surface area contributed by atoms with Crippen LogP contribution in [0.15, 0.2) is 97.1 Å². The molecule has 0 aromatic heterocycles. The molecule has 4 aromatic rings. The minimum Gasteiger partial charge on any atom is -0.342 e. The van der Waals surface area contributed by atoms with Gasteiger partial charge < -0.3 is 24.9 Å². The number of anilines is 5. The Bertz CT molecular complexity index is 1450. The molecule has 0 aliphatic carbocycles. The lowest BCUT2D eigenvalue weighted by molar-refractivity contribution is 0.0986. The van der Waals surface area contributed by atoms with Gasteiger partial charge in [-0.25, -0.2) is 0 Å². The first kappa shape index (κ1) is 29.4. The molecule has 0 saturated heterocycles. The van der Waals surface area contributed by atoms with E-state index in [2.05, 4.69) is 74.6 Å². The van der Waals surface area contributed by atoms with Gasteiger partial charge in [0.1, 0.15) is 0 Å². The van der Waals surface area contributed by atoms with Crippen LogP contribution in [-0.4, -0.2) is 65.2 Å². The Morgan fingerprint density at radius 1 is 0.667 bits per heavy atom. The van der Waals surface area contributed by atoms with E-state index in [-0.39, 0.29) is 5.91 Å². The highest BCUT2D eigenvalue weighted by molar-refractivity contribution is 6.13. The van der Waals surface area contributed by atoms with E-state index < -0.39 is 0 Å². The van der Waals surface area contributed by atoms with Crippen LogP contribution in [0.2, 0.25) is 0 Å². The zero-order chi connectivity index (χ0) is 29.5. The molecule has 0 fully saturated rings. The minimum absolute atomic E-state index is 0.0641. The number of carbonyl (C=O) groups excluding carboxylic acids is 1. The van der Waals surface area contributed by atoms with Gasteiger partial charge in [-0.3, -0.25) is 4.79 Å². The van der Waals surface area contributed by atoms with Crippen molar-refractivity contribution in [2.75, 3.05) is 69.1 Å². The summed E-state index contributed by atoms with van der Waals surface area (Å²) in [7, 11) is 8.08. The van der Waals surface area contributed by atoms with Gasteiger partial charge in [0.15, 0.2) is 0 Å². The molecule has 1 amide bonds. The van der Waals surface area contributed by atoms with Crippen molar-refractivity contribution in [2.24, 2.45) is 0 Å². The molecule has 0 spiro atoms. The highest BCUT2D eigenvalue weighted by atomic mass is 16.2. The van der Waals surface area contributed by atoms with E-state index in [1.165, 1.54) is 22.5 Å². The molecule has 0 bridgehead atoms. The first-order valence-corrected chi connectivity index (χ1v) is 15.0. The van der Waals surface area contributed by atoms with Crippen LogP contribution in [0.25, 0.3) is 0 Å². The number of amides is 1. The number of carbonyl (C=O) groups is 1. The van der Waals surface area contributed by atoms with E-state index in [0.717, 1.165) is 61.5 Å². The lowest BCUT2D eigenvalue weighted by atomic mass is 10.0. The molecule has 42 heavy (non-hydrogen) atoms. The number of nitrogens with zero attached hydrogens (tertiary/aromatic N) is 4. The van der Waals surface area contributed by atoms with Crippen molar-refractivity contribution in [3.63, 3.8) is 0 Å². The summed E-state index contributed by atoms with van der Waals surface area (Å²) >= 11 is 0. The summed E-state index contributed by atoms with van der Waals surface area (Å²) in [6.45, 7) is 3.62. The smallest absolute Gasteiger partial charge is 0.260 e. The molecule has 0 radical (unpaired) electrons. The molecule has 6 heteroatoms. The molecule has 2 heterocycles. The zero-order valence-electron chi connectivity index (χ0n) is 25.4. The molecule has 218 valence electrons. The highest BCUT2D eigenvalue weighted by Crippen LogP contribution is 2.39. The summed E-state index contributed by atoms with van der Waals surface area (Å²) in [4.78, 5) is 21.6. The number of para-hydroxylation sites is 5. The Kier molecular flexibility index (Phi) is 9.57. The van der Waals surface area contributed by atoms with Crippen molar-refractivity contribution in [1.29, 1.82) is 0 Å². The van der Waals surface area contributed by atoms with Gasteiger partial charge in [-0.05, 0) is 94.5 Å². The fourth-order valence-corrected chi connectivity index (χ4v) is 5.85. The molecular formula is C36H43N5O. The number of fused-ring (bicyclic) bond motifs is 4. The van der Waals surface area contributed by atoms with Crippen molar-refractivity contribution >= 4 is 34.3 Å². The molecular weight excluding hydrogens is 518 g/mol. The standard InChI is InChI=1S/C18H21N3O.C18H22N2/c1-19(2)12-13-21-17-11-7-6-10-16(17)20(3)15-9-5-4-8-14(15)18(21)22;1-19-13-6-14-20-17-9-4-2-7-15(17)11-12-16-8-3-5-10-18(16)20/h4-11H,12-13H2,1-3H3;2-5,7-10,19H,6,11-14H2,1H3. The second kappa shape index (κ2) is 13.7. The monoisotopic (exact) mass is 561 g/mol. The summed E-state index contributed by atoms with van der Waals surface area (Å²) in [5.74, 6) is 0.0641.